The number of carbonyl (C=O) groups excluding carboxylic acids is 1. The van der Waals surface area contributed by atoms with E-state index in [4.69, 9.17) is 4.42 Å². The topological polar surface area (TPSA) is 82.8 Å². The van der Waals surface area contributed by atoms with Crippen molar-refractivity contribution in [2.45, 2.75) is 39.3 Å². The average Bonchev–Trinajstić information content (AvgIpc) is 3.11. The van der Waals surface area contributed by atoms with Gasteiger partial charge in [0.1, 0.15) is 5.76 Å². The molecule has 1 heterocycles. The van der Waals surface area contributed by atoms with Gasteiger partial charge in [0.25, 0.3) is 5.91 Å². The van der Waals surface area contributed by atoms with Crippen molar-refractivity contribution in [3.05, 3.63) is 53.2 Å². The zero-order valence-corrected chi connectivity index (χ0v) is 19.7. The Bertz CT molecular complexity index is 792. The van der Waals surface area contributed by atoms with Gasteiger partial charge >= 0.3 is 0 Å². The van der Waals surface area contributed by atoms with Gasteiger partial charge < -0.3 is 20.0 Å². The minimum Gasteiger partial charge on any atom is -0.443 e. The fraction of sp³-hybridized carbons (Fsp3) is 0.450. The van der Waals surface area contributed by atoms with Gasteiger partial charge in [-0.1, -0.05) is 32.9 Å². The van der Waals surface area contributed by atoms with Crippen LogP contribution < -0.4 is 10.6 Å². The summed E-state index contributed by atoms with van der Waals surface area (Å²) < 4.78 is 5.77. The van der Waals surface area contributed by atoms with Gasteiger partial charge in [0.05, 0.1) is 12.7 Å². The summed E-state index contributed by atoms with van der Waals surface area (Å²) in [7, 11) is 5.20. The number of hydrogen-bond acceptors (Lipinski definition) is 4. The van der Waals surface area contributed by atoms with Crippen LogP contribution in [0.3, 0.4) is 0 Å². The van der Waals surface area contributed by atoms with E-state index in [0.29, 0.717) is 30.5 Å². The second kappa shape index (κ2) is 10.4. The number of aliphatic imine (C=N–C) groups is 1. The highest BCUT2D eigenvalue weighted by Crippen LogP contribution is 2.22. The van der Waals surface area contributed by atoms with E-state index in [1.807, 2.05) is 24.3 Å². The summed E-state index contributed by atoms with van der Waals surface area (Å²) in [5.41, 5.74) is 1.66. The van der Waals surface area contributed by atoms with Gasteiger partial charge in [0, 0.05) is 38.7 Å². The van der Waals surface area contributed by atoms with Gasteiger partial charge in [-0.05, 0) is 17.7 Å². The SMILES string of the molecule is CN=C(NCc1ccc(C(=O)N(C)C)cc1)NCc1ncc(C(C)(C)C)o1.I. The van der Waals surface area contributed by atoms with Crippen LogP contribution in [0, 0.1) is 0 Å². The number of nitrogens with one attached hydrogen (secondary N) is 2. The second-order valence-corrected chi connectivity index (χ2v) is 7.54. The van der Waals surface area contributed by atoms with E-state index in [1.54, 1.807) is 32.2 Å². The summed E-state index contributed by atoms with van der Waals surface area (Å²) in [6, 6.07) is 7.52. The fourth-order valence-corrected chi connectivity index (χ4v) is 2.33. The number of oxazole rings is 1. The quantitative estimate of drug-likeness (QED) is 0.375. The zero-order chi connectivity index (χ0) is 20.0. The van der Waals surface area contributed by atoms with E-state index in [2.05, 4.69) is 41.4 Å². The van der Waals surface area contributed by atoms with Crippen molar-refractivity contribution >= 4 is 35.8 Å². The molecule has 0 spiro atoms. The molecule has 0 saturated carbocycles. The molecular weight excluding hydrogens is 469 g/mol. The molecule has 28 heavy (non-hydrogen) atoms. The van der Waals surface area contributed by atoms with Crippen LogP contribution in [0.25, 0.3) is 0 Å². The van der Waals surface area contributed by atoms with Crippen molar-refractivity contribution in [1.82, 2.24) is 20.5 Å². The first-order chi connectivity index (χ1) is 12.7. The molecule has 154 valence electrons. The predicted octanol–water partition coefficient (Wildman–Crippen LogP) is 3.16. The van der Waals surface area contributed by atoms with Crippen molar-refractivity contribution in [3.8, 4) is 0 Å². The predicted molar refractivity (Wildman–Crippen MR) is 122 cm³/mol. The molecule has 0 atom stereocenters. The molecular formula is C20H30IN5O2. The first kappa shape index (κ1) is 23.9. The van der Waals surface area contributed by atoms with E-state index in [9.17, 15) is 4.79 Å². The van der Waals surface area contributed by atoms with Crippen LogP contribution in [0.1, 0.15) is 48.3 Å². The normalized spacial score (nSPS) is 11.6. The number of carbonyl (C=O) groups is 1. The molecule has 2 aromatic rings. The molecule has 1 amide bonds. The van der Waals surface area contributed by atoms with Gasteiger partial charge in [-0.25, -0.2) is 4.98 Å². The average molecular weight is 499 g/mol. The van der Waals surface area contributed by atoms with Crippen LogP contribution in [0.5, 0.6) is 0 Å². The van der Waals surface area contributed by atoms with Crippen LogP contribution in [0.2, 0.25) is 0 Å². The van der Waals surface area contributed by atoms with E-state index in [0.717, 1.165) is 11.3 Å². The van der Waals surface area contributed by atoms with Crippen molar-refractivity contribution in [1.29, 1.82) is 0 Å². The number of amides is 1. The maximum absolute atomic E-state index is 11.9. The molecule has 7 nitrogen and oxygen atoms in total. The summed E-state index contributed by atoms with van der Waals surface area (Å²) >= 11 is 0. The Morgan fingerprint density at radius 1 is 1.14 bits per heavy atom. The number of aromatic nitrogens is 1. The Balaban J connectivity index is 0.00000392. The highest BCUT2D eigenvalue weighted by Gasteiger charge is 2.19. The summed E-state index contributed by atoms with van der Waals surface area (Å²) in [4.78, 5) is 22.0. The molecule has 1 aromatic heterocycles. The number of halogens is 1. The lowest BCUT2D eigenvalue weighted by Gasteiger charge is -2.14. The first-order valence-electron chi connectivity index (χ1n) is 8.91. The smallest absolute Gasteiger partial charge is 0.253 e. The summed E-state index contributed by atoms with van der Waals surface area (Å²) in [5, 5.41) is 6.43. The van der Waals surface area contributed by atoms with E-state index in [-0.39, 0.29) is 35.3 Å². The van der Waals surface area contributed by atoms with Crippen molar-refractivity contribution in [2.24, 2.45) is 4.99 Å². The number of nitrogens with zero attached hydrogens (tertiary/aromatic N) is 3. The van der Waals surface area contributed by atoms with Gasteiger partial charge in [0.15, 0.2) is 5.96 Å². The van der Waals surface area contributed by atoms with E-state index < -0.39 is 0 Å². The summed E-state index contributed by atoms with van der Waals surface area (Å²) in [6.45, 7) is 7.30. The zero-order valence-electron chi connectivity index (χ0n) is 17.4. The first-order valence-corrected chi connectivity index (χ1v) is 8.91. The minimum absolute atomic E-state index is 0. The van der Waals surface area contributed by atoms with Gasteiger partial charge in [-0.3, -0.25) is 9.79 Å². The fourth-order valence-electron chi connectivity index (χ4n) is 2.33. The number of rotatable bonds is 5. The molecule has 0 aliphatic heterocycles. The Hall–Kier alpha value is -2.10. The van der Waals surface area contributed by atoms with Gasteiger partial charge in [-0.15, -0.1) is 24.0 Å². The van der Waals surface area contributed by atoms with Crippen LogP contribution in [0.15, 0.2) is 39.9 Å². The molecule has 0 saturated heterocycles. The molecule has 0 radical (unpaired) electrons. The molecule has 0 bridgehead atoms. The van der Waals surface area contributed by atoms with E-state index in [1.165, 1.54) is 0 Å². The maximum atomic E-state index is 11.9. The molecule has 8 heteroatoms. The third-order valence-electron chi connectivity index (χ3n) is 3.99. The number of benzene rings is 1. The van der Waals surface area contributed by atoms with Crippen molar-refractivity contribution < 1.29 is 9.21 Å². The second-order valence-electron chi connectivity index (χ2n) is 7.54. The lowest BCUT2D eigenvalue weighted by atomic mass is 9.94. The van der Waals surface area contributed by atoms with Crippen LogP contribution >= 0.6 is 24.0 Å². The Kier molecular flexibility index (Phi) is 8.93. The summed E-state index contributed by atoms with van der Waals surface area (Å²) in [5.74, 6) is 2.12. The third kappa shape index (κ3) is 6.81. The monoisotopic (exact) mass is 499 g/mol. The van der Waals surface area contributed by atoms with E-state index >= 15 is 0 Å². The molecule has 1 aromatic carbocycles. The van der Waals surface area contributed by atoms with Gasteiger partial charge in [-0.2, -0.15) is 0 Å². The molecule has 0 unspecified atom stereocenters. The Morgan fingerprint density at radius 2 is 1.75 bits per heavy atom. The van der Waals surface area contributed by atoms with Crippen molar-refractivity contribution in [2.75, 3.05) is 21.1 Å². The van der Waals surface area contributed by atoms with Gasteiger partial charge in [0.2, 0.25) is 5.89 Å². The Labute approximate surface area is 184 Å². The molecule has 2 N–H and O–H groups in total. The Morgan fingerprint density at radius 3 is 2.25 bits per heavy atom. The number of guanidine groups is 1. The van der Waals surface area contributed by atoms with Crippen LogP contribution in [0.4, 0.5) is 0 Å². The third-order valence-corrected chi connectivity index (χ3v) is 3.99. The molecule has 0 aliphatic carbocycles. The molecule has 2 rings (SSSR count). The molecule has 0 fully saturated rings. The lowest BCUT2D eigenvalue weighted by molar-refractivity contribution is 0.0827. The molecule has 0 aliphatic rings. The minimum atomic E-state index is -0.0642. The van der Waals surface area contributed by atoms with Crippen LogP contribution in [-0.4, -0.2) is 42.9 Å². The van der Waals surface area contributed by atoms with Crippen LogP contribution in [-0.2, 0) is 18.5 Å². The highest BCUT2D eigenvalue weighted by atomic mass is 127. The maximum Gasteiger partial charge on any atom is 0.253 e. The van der Waals surface area contributed by atoms with Crippen molar-refractivity contribution in [3.63, 3.8) is 0 Å². The summed E-state index contributed by atoms with van der Waals surface area (Å²) in [6.07, 6.45) is 1.77. The lowest BCUT2D eigenvalue weighted by Crippen LogP contribution is -2.36. The largest absolute Gasteiger partial charge is 0.443 e. The number of hydrogen-bond donors (Lipinski definition) is 2. The highest BCUT2D eigenvalue weighted by molar-refractivity contribution is 14.0. The standard InChI is InChI=1S/C20H29N5O2.HI/c1-20(2,3)16-12-22-17(27-16)13-24-19(21-4)23-11-14-7-9-15(10-8-14)18(26)25(5)6;/h7-10,12H,11,13H2,1-6H3,(H2,21,23,24);1H.